The summed E-state index contributed by atoms with van der Waals surface area (Å²) in [6.07, 6.45) is 2.92. The van der Waals surface area contributed by atoms with Crippen LogP contribution in [0.5, 0.6) is 0 Å². The summed E-state index contributed by atoms with van der Waals surface area (Å²) in [6, 6.07) is 2.05. The number of hydrogen-bond donors (Lipinski definition) is 2. The van der Waals surface area contributed by atoms with Gasteiger partial charge in [0.05, 0.1) is 5.69 Å². The molecule has 4 N–H and O–H groups in total. The van der Waals surface area contributed by atoms with Crippen LogP contribution in [0, 0.1) is 6.92 Å². The second-order valence-corrected chi connectivity index (χ2v) is 3.90. The lowest BCUT2D eigenvalue weighted by Gasteiger charge is -2.13. The van der Waals surface area contributed by atoms with Crippen LogP contribution < -0.4 is 11.5 Å². The molecular weight excluding hydrogens is 180 g/mol. The van der Waals surface area contributed by atoms with Gasteiger partial charge in [-0.3, -0.25) is 0 Å². The van der Waals surface area contributed by atoms with E-state index >= 15 is 0 Å². The Balaban J connectivity index is 3.39. The van der Waals surface area contributed by atoms with E-state index in [0.29, 0.717) is 0 Å². The number of hydrogen-bond acceptors (Lipinski definition) is 3. The summed E-state index contributed by atoms with van der Waals surface area (Å²) in [4.78, 5) is 1.13. The number of nitrogens with two attached hydrogens (primary N) is 2. The van der Waals surface area contributed by atoms with Gasteiger partial charge in [0.1, 0.15) is 0 Å². The van der Waals surface area contributed by atoms with E-state index in [1.807, 2.05) is 13.2 Å². The molecule has 72 valence electrons. The topological polar surface area (TPSA) is 52.0 Å². The van der Waals surface area contributed by atoms with Crippen LogP contribution >= 0.6 is 11.8 Å². The van der Waals surface area contributed by atoms with Crippen molar-refractivity contribution in [1.29, 1.82) is 0 Å². The van der Waals surface area contributed by atoms with Crippen molar-refractivity contribution in [2.24, 2.45) is 0 Å². The summed E-state index contributed by atoms with van der Waals surface area (Å²) < 4.78 is 0. The monoisotopic (exact) mass is 196 g/mol. The maximum atomic E-state index is 5.97. The number of nitrogen functional groups attached to an aromatic ring is 2. The molecule has 0 aliphatic heterocycles. The van der Waals surface area contributed by atoms with Crippen molar-refractivity contribution in [2.45, 2.75) is 25.2 Å². The summed E-state index contributed by atoms with van der Waals surface area (Å²) in [5.74, 6) is 0. The van der Waals surface area contributed by atoms with Crippen molar-refractivity contribution < 1.29 is 0 Å². The molecular formula is C10H16N2S. The van der Waals surface area contributed by atoms with Crippen molar-refractivity contribution in [3.8, 4) is 0 Å². The Morgan fingerprint density at radius 2 is 1.92 bits per heavy atom. The molecule has 1 rings (SSSR count). The Bertz CT molecular complexity index is 321. The summed E-state index contributed by atoms with van der Waals surface area (Å²) >= 11 is 1.67. The van der Waals surface area contributed by atoms with Gasteiger partial charge in [-0.25, -0.2) is 0 Å². The van der Waals surface area contributed by atoms with Crippen LogP contribution in [0.2, 0.25) is 0 Å². The molecule has 0 atom stereocenters. The van der Waals surface area contributed by atoms with Crippen LogP contribution in [0.15, 0.2) is 11.0 Å². The van der Waals surface area contributed by atoms with Crippen molar-refractivity contribution >= 4 is 23.1 Å². The van der Waals surface area contributed by atoms with E-state index in [1.54, 1.807) is 11.8 Å². The first kappa shape index (κ1) is 10.3. The second-order valence-electron chi connectivity index (χ2n) is 3.06. The SMILES string of the molecule is CCc1c(N)c(C)cc(SC)c1N. The maximum absolute atomic E-state index is 5.97. The van der Waals surface area contributed by atoms with Gasteiger partial charge in [0, 0.05) is 10.6 Å². The molecule has 3 heteroatoms. The smallest absolute Gasteiger partial charge is 0.0505 e. The van der Waals surface area contributed by atoms with Gasteiger partial charge in [-0.05, 0) is 36.8 Å². The van der Waals surface area contributed by atoms with Gasteiger partial charge in [-0.2, -0.15) is 0 Å². The molecule has 0 spiro atoms. The summed E-state index contributed by atoms with van der Waals surface area (Å²) in [6.45, 7) is 4.10. The lowest BCUT2D eigenvalue weighted by molar-refractivity contribution is 1.12. The Kier molecular flexibility index (Phi) is 3.09. The van der Waals surface area contributed by atoms with E-state index in [2.05, 4.69) is 13.0 Å². The van der Waals surface area contributed by atoms with E-state index in [-0.39, 0.29) is 0 Å². The number of aryl methyl sites for hydroxylation is 1. The highest BCUT2D eigenvalue weighted by atomic mass is 32.2. The van der Waals surface area contributed by atoms with Gasteiger partial charge in [-0.1, -0.05) is 6.92 Å². The highest BCUT2D eigenvalue weighted by Gasteiger charge is 2.09. The predicted molar refractivity (Wildman–Crippen MR) is 61.2 cm³/mol. The van der Waals surface area contributed by atoms with Crippen LogP contribution in [-0.2, 0) is 6.42 Å². The fourth-order valence-electron chi connectivity index (χ4n) is 1.43. The standard InChI is InChI=1S/C10H16N2S/c1-4-7-9(11)6(2)5-8(13-3)10(7)12/h5H,4,11-12H2,1-3H3. The highest BCUT2D eigenvalue weighted by Crippen LogP contribution is 2.32. The van der Waals surface area contributed by atoms with Gasteiger partial charge in [0.25, 0.3) is 0 Å². The van der Waals surface area contributed by atoms with Gasteiger partial charge in [0.2, 0.25) is 0 Å². The number of thioether (sulfide) groups is 1. The third-order valence-electron chi connectivity index (χ3n) is 2.26. The average Bonchev–Trinajstić information content (AvgIpc) is 2.12. The van der Waals surface area contributed by atoms with Gasteiger partial charge in [0.15, 0.2) is 0 Å². The van der Waals surface area contributed by atoms with Crippen LogP contribution in [0.3, 0.4) is 0 Å². The molecule has 0 radical (unpaired) electrons. The number of rotatable bonds is 2. The van der Waals surface area contributed by atoms with Crippen molar-refractivity contribution in [1.82, 2.24) is 0 Å². The third kappa shape index (κ3) is 1.75. The van der Waals surface area contributed by atoms with Crippen molar-refractivity contribution in [3.05, 3.63) is 17.2 Å². The second kappa shape index (κ2) is 3.92. The average molecular weight is 196 g/mol. The molecule has 0 unspecified atom stereocenters. The predicted octanol–water partition coefficient (Wildman–Crippen LogP) is 2.44. The molecule has 0 fully saturated rings. The molecule has 0 amide bonds. The zero-order valence-corrected chi connectivity index (χ0v) is 9.16. The molecule has 1 aromatic rings. The Hall–Kier alpha value is -0.830. The minimum absolute atomic E-state index is 0.845. The molecule has 13 heavy (non-hydrogen) atoms. The van der Waals surface area contributed by atoms with E-state index in [9.17, 15) is 0 Å². The molecule has 0 heterocycles. The van der Waals surface area contributed by atoms with Crippen LogP contribution in [-0.4, -0.2) is 6.26 Å². The van der Waals surface area contributed by atoms with E-state index in [4.69, 9.17) is 11.5 Å². The highest BCUT2D eigenvalue weighted by molar-refractivity contribution is 7.98. The Morgan fingerprint density at radius 1 is 1.31 bits per heavy atom. The molecule has 2 nitrogen and oxygen atoms in total. The van der Waals surface area contributed by atoms with Crippen LogP contribution in [0.1, 0.15) is 18.1 Å². The van der Waals surface area contributed by atoms with Gasteiger partial charge in [-0.15, -0.1) is 11.8 Å². The number of benzene rings is 1. The van der Waals surface area contributed by atoms with E-state index < -0.39 is 0 Å². The first-order chi connectivity index (χ1) is 6.11. The molecule has 0 aliphatic rings. The molecule has 0 bridgehead atoms. The van der Waals surface area contributed by atoms with Gasteiger partial charge < -0.3 is 11.5 Å². The van der Waals surface area contributed by atoms with Crippen molar-refractivity contribution in [3.63, 3.8) is 0 Å². The first-order valence-electron chi connectivity index (χ1n) is 4.33. The molecule has 0 aromatic heterocycles. The van der Waals surface area contributed by atoms with E-state index in [1.165, 1.54) is 0 Å². The lowest BCUT2D eigenvalue weighted by atomic mass is 10.0. The summed E-state index contributed by atoms with van der Waals surface area (Å²) in [5.41, 5.74) is 15.8. The quantitative estimate of drug-likeness (QED) is 0.564. The van der Waals surface area contributed by atoms with Gasteiger partial charge >= 0.3 is 0 Å². The first-order valence-corrected chi connectivity index (χ1v) is 5.55. The zero-order chi connectivity index (χ0) is 10.0. The summed E-state index contributed by atoms with van der Waals surface area (Å²) in [5, 5.41) is 0. The van der Waals surface area contributed by atoms with Crippen LogP contribution in [0.25, 0.3) is 0 Å². The normalized spacial score (nSPS) is 10.4. The molecule has 0 saturated heterocycles. The lowest BCUT2D eigenvalue weighted by Crippen LogP contribution is -2.03. The number of anilines is 2. The maximum Gasteiger partial charge on any atom is 0.0505 e. The van der Waals surface area contributed by atoms with Crippen molar-refractivity contribution in [2.75, 3.05) is 17.7 Å². The Morgan fingerprint density at radius 3 is 2.38 bits per heavy atom. The van der Waals surface area contributed by atoms with Crippen LogP contribution in [0.4, 0.5) is 11.4 Å². The minimum atomic E-state index is 0.845. The zero-order valence-electron chi connectivity index (χ0n) is 8.35. The largest absolute Gasteiger partial charge is 0.398 e. The minimum Gasteiger partial charge on any atom is -0.398 e. The molecule has 0 aliphatic carbocycles. The van der Waals surface area contributed by atoms with E-state index in [0.717, 1.165) is 33.8 Å². The molecule has 0 saturated carbocycles. The summed E-state index contributed by atoms with van der Waals surface area (Å²) in [7, 11) is 0. The third-order valence-corrected chi connectivity index (χ3v) is 3.04. The fourth-order valence-corrected chi connectivity index (χ4v) is 2.07. The molecule has 1 aromatic carbocycles. The fraction of sp³-hybridized carbons (Fsp3) is 0.400. The Labute approximate surface area is 83.7 Å².